The van der Waals surface area contributed by atoms with E-state index in [2.05, 4.69) is 34.1 Å². The first kappa shape index (κ1) is 14.0. The van der Waals surface area contributed by atoms with Crippen molar-refractivity contribution in [1.29, 1.82) is 0 Å². The van der Waals surface area contributed by atoms with Crippen molar-refractivity contribution in [1.82, 2.24) is 0 Å². The molecular weight excluding hydrogens is 336 g/mol. The van der Waals surface area contributed by atoms with Crippen LogP contribution in [0, 0.1) is 0 Å². The first-order chi connectivity index (χ1) is 9.76. The van der Waals surface area contributed by atoms with Gasteiger partial charge in [-0.15, -0.1) is 11.6 Å². The highest BCUT2D eigenvalue weighted by atomic mass is 79.9. The van der Waals surface area contributed by atoms with E-state index >= 15 is 0 Å². The Morgan fingerprint density at radius 2 is 1.90 bits per heavy atom. The Labute approximate surface area is 133 Å². The Bertz CT molecular complexity index is 624. The molecule has 0 saturated carbocycles. The van der Waals surface area contributed by atoms with Crippen molar-refractivity contribution < 1.29 is 4.74 Å². The average molecular weight is 352 g/mol. The van der Waals surface area contributed by atoms with Gasteiger partial charge in [0.1, 0.15) is 12.4 Å². The summed E-state index contributed by atoms with van der Waals surface area (Å²) < 4.78 is 6.95. The number of halogens is 2. The summed E-state index contributed by atoms with van der Waals surface area (Å²) in [5.41, 5.74) is 5.23. The highest BCUT2D eigenvalue weighted by Gasteiger charge is 2.11. The summed E-state index contributed by atoms with van der Waals surface area (Å²) in [6.45, 7) is 0.596. The highest BCUT2D eigenvalue weighted by Crippen LogP contribution is 2.27. The van der Waals surface area contributed by atoms with Crippen LogP contribution in [0.2, 0.25) is 0 Å². The summed E-state index contributed by atoms with van der Waals surface area (Å²) >= 11 is 9.41. The zero-order chi connectivity index (χ0) is 13.9. The van der Waals surface area contributed by atoms with E-state index in [1.165, 1.54) is 36.0 Å². The number of benzene rings is 2. The lowest BCUT2D eigenvalue weighted by Gasteiger charge is -2.11. The monoisotopic (exact) mass is 350 g/mol. The predicted octanol–water partition coefficient (Wildman–Crippen LogP) is 5.26. The Morgan fingerprint density at radius 3 is 2.75 bits per heavy atom. The van der Waals surface area contributed by atoms with Gasteiger partial charge in [0.25, 0.3) is 0 Å². The largest absolute Gasteiger partial charge is 0.489 e. The molecule has 0 aliphatic heterocycles. The van der Waals surface area contributed by atoms with Gasteiger partial charge in [0.15, 0.2) is 0 Å². The van der Waals surface area contributed by atoms with Crippen molar-refractivity contribution in [2.24, 2.45) is 0 Å². The third-order valence-electron chi connectivity index (χ3n) is 3.72. The van der Waals surface area contributed by atoms with Crippen LogP contribution >= 0.6 is 27.5 Å². The lowest BCUT2D eigenvalue weighted by molar-refractivity contribution is 0.303. The molecule has 0 aromatic heterocycles. The molecule has 2 aromatic carbocycles. The van der Waals surface area contributed by atoms with Gasteiger partial charge < -0.3 is 4.74 Å². The molecule has 0 radical (unpaired) electrons. The number of ether oxygens (including phenoxy) is 1. The Morgan fingerprint density at radius 1 is 1.05 bits per heavy atom. The maximum Gasteiger partial charge on any atom is 0.124 e. The van der Waals surface area contributed by atoms with Gasteiger partial charge in [0.2, 0.25) is 0 Å². The molecule has 0 fully saturated rings. The van der Waals surface area contributed by atoms with E-state index in [1.807, 2.05) is 18.2 Å². The molecule has 3 heteroatoms. The molecule has 104 valence electrons. The van der Waals surface area contributed by atoms with Crippen LogP contribution in [0.25, 0.3) is 0 Å². The number of fused-ring (bicyclic) bond motifs is 1. The Hall–Kier alpha value is -0.990. The van der Waals surface area contributed by atoms with Crippen molar-refractivity contribution >= 4 is 27.5 Å². The van der Waals surface area contributed by atoms with Crippen LogP contribution in [-0.4, -0.2) is 0 Å². The standard InChI is InChI=1S/C17H16BrClO/c18-16-6-7-17(15(9-16)10-19)20-11-12-4-5-13-2-1-3-14(13)8-12/h4-9H,1-3,10-11H2. The lowest BCUT2D eigenvalue weighted by atomic mass is 10.1. The molecule has 0 saturated heterocycles. The molecule has 0 spiro atoms. The van der Waals surface area contributed by atoms with Gasteiger partial charge in [-0.05, 0) is 54.2 Å². The van der Waals surface area contributed by atoms with Crippen LogP contribution in [0.4, 0.5) is 0 Å². The third kappa shape index (κ3) is 3.02. The summed E-state index contributed by atoms with van der Waals surface area (Å²) in [6.07, 6.45) is 3.71. The van der Waals surface area contributed by atoms with Crippen molar-refractivity contribution in [3.05, 3.63) is 63.1 Å². The van der Waals surface area contributed by atoms with E-state index in [4.69, 9.17) is 16.3 Å². The van der Waals surface area contributed by atoms with E-state index < -0.39 is 0 Å². The first-order valence-electron chi connectivity index (χ1n) is 6.84. The number of rotatable bonds is 4. The molecule has 3 rings (SSSR count). The predicted molar refractivity (Wildman–Crippen MR) is 86.5 cm³/mol. The minimum atomic E-state index is 0.457. The molecule has 1 aliphatic rings. The average Bonchev–Trinajstić information content (AvgIpc) is 2.93. The van der Waals surface area contributed by atoms with Gasteiger partial charge in [0.05, 0.1) is 5.88 Å². The summed E-state index contributed by atoms with van der Waals surface area (Å²) in [5, 5.41) is 0. The van der Waals surface area contributed by atoms with Gasteiger partial charge >= 0.3 is 0 Å². The van der Waals surface area contributed by atoms with Crippen molar-refractivity contribution in [2.45, 2.75) is 31.7 Å². The van der Waals surface area contributed by atoms with E-state index in [0.717, 1.165) is 15.8 Å². The molecule has 0 heterocycles. The topological polar surface area (TPSA) is 9.23 Å². The van der Waals surface area contributed by atoms with Crippen molar-refractivity contribution in [2.75, 3.05) is 0 Å². The van der Waals surface area contributed by atoms with Crippen LogP contribution in [0.5, 0.6) is 5.75 Å². The molecule has 0 amide bonds. The fourth-order valence-corrected chi connectivity index (χ4v) is 3.29. The van der Waals surface area contributed by atoms with Crippen LogP contribution in [0.15, 0.2) is 40.9 Å². The second kappa shape index (κ2) is 6.19. The van der Waals surface area contributed by atoms with E-state index in [-0.39, 0.29) is 0 Å². The van der Waals surface area contributed by atoms with Crippen LogP contribution < -0.4 is 4.74 Å². The number of hydrogen-bond acceptors (Lipinski definition) is 1. The maximum absolute atomic E-state index is 5.96. The molecular formula is C17H16BrClO. The summed E-state index contributed by atoms with van der Waals surface area (Å²) in [7, 11) is 0. The van der Waals surface area contributed by atoms with Gasteiger partial charge in [0, 0.05) is 10.0 Å². The van der Waals surface area contributed by atoms with Crippen LogP contribution in [-0.2, 0) is 25.3 Å². The molecule has 0 unspecified atom stereocenters. The quantitative estimate of drug-likeness (QED) is 0.683. The molecule has 0 bridgehead atoms. The molecule has 1 aliphatic carbocycles. The maximum atomic E-state index is 5.96. The van der Waals surface area contributed by atoms with E-state index in [1.54, 1.807) is 0 Å². The molecule has 1 nitrogen and oxygen atoms in total. The summed E-state index contributed by atoms with van der Waals surface area (Å²) in [5.74, 6) is 1.32. The highest BCUT2D eigenvalue weighted by molar-refractivity contribution is 9.10. The summed E-state index contributed by atoms with van der Waals surface area (Å²) in [6, 6.07) is 12.6. The first-order valence-corrected chi connectivity index (χ1v) is 8.17. The van der Waals surface area contributed by atoms with Crippen molar-refractivity contribution in [3.63, 3.8) is 0 Å². The van der Waals surface area contributed by atoms with Crippen LogP contribution in [0.3, 0.4) is 0 Å². The van der Waals surface area contributed by atoms with E-state index in [9.17, 15) is 0 Å². The number of hydrogen-bond donors (Lipinski definition) is 0. The van der Waals surface area contributed by atoms with Gasteiger partial charge in [-0.3, -0.25) is 0 Å². The summed E-state index contributed by atoms with van der Waals surface area (Å²) in [4.78, 5) is 0. The SMILES string of the molecule is ClCc1cc(Br)ccc1OCc1ccc2c(c1)CCC2. The molecule has 0 atom stereocenters. The normalized spacial score (nSPS) is 13.3. The fourth-order valence-electron chi connectivity index (χ4n) is 2.67. The Kier molecular flexibility index (Phi) is 4.32. The van der Waals surface area contributed by atoms with Gasteiger partial charge in [-0.2, -0.15) is 0 Å². The second-order valence-electron chi connectivity index (χ2n) is 5.13. The zero-order valence-electron chi connectivity index (χ0n) is 11.2. The van der Waals surface area contributed by atoms with Crippen molar-refractivity contribution in [3.8, 4) is 5.75 Å². The molecule has 2 aromatic rings. The van der Waals surface area contributed by atoms with E-state index in [0.29, 0.717) is 12.5 Å². The second-order valence-corrected chi connectivity index (χ2v) is 6.31. The zero-order valence-corrected chi connectivity index (χ0v) is 13.5. The fraction of sp³-hybridized carbons (Fsp3) is 0.294. The minimum Gasteiger partial charge on any atom is -0.489 e. The minimum absolute atomic E-state index is 0.457. The third-order valence-corrected chi connectivity index (χ3v) is 4.50. The lowest BCUT2D eigenvalue weighted by Crippen LogP contribution is -1.99. The van der Waals surface area contributed by atoms with Gasteiger partial charge in [-0.25, -0.2) is 0 Å². The van der Waals surface area contributed by atoms with Crippen LogP contribution in [0.1, 0.15) is 28.7 Å². The van der Waals surface area contributed by atoms with Gasteiger partial charge in [-0.1, -0.05) is 34.1 Å². The Balaban J connectivity index is 1.73. The number of aryl methyl sites for hydroxylation is 2. The molecule has 20 heavy (non-hydrogen) atoms. The molecule has 0 N–H and O–H groups in total. The smallest absolute Gasteiger partial charge is 0.124 e. The number of alkyl halides is 1.